The molecule has 134 valence electrons. The number of halogens is 5. The molecule has 1 N–H and O–H groups in total. The molecular formula is C17H14F5NO2. The molecule has 2 aromatic carbocycles. The van der Waals surface area contributed by atoms with Crippen LogP contribution in [-0.2, 0) is 6.18 Å². The van der Waals surface area contributed by atoms with Gasteiger partial charge in [-0.05, 0) is 31.2 Å². The molecule has 2 aromatic rings. The molecule has 0 bridgehead atoms. The van der Waals surface area contributed by atoms with Gasteiger partial charge in [0.05, 0.1) is 11.6 Å². The topological polar surface area (TPSA) is 38.3 Å². The Morgan fingerprint density at radius 1 is 1.08 bits per heavy atom. The highest BCUT2D eigenvalue weighted by molar-refractivity contribution is 5.94. The van der Waals surface area contributed by atoms with Crippen molar-refractivity contribution in [3.8, 4) is 5.75 Å². The summed E-state index contributed by atoms with van der Waals surface area (Å²) in [5.41, 5.74) is -1.71. The van der Waals surface area contributed by atoms with Crippen molar-refractivity contribution in [2.75, 3.05) is 6.61 Å². The van der Waals surface area contributed by atoms with Crippen molar-refractivity contribution in [2.24, 2.45) is 0 Å². The van der Waals surface area contributed by atoms with Gasteiger partial charge in [0.2, 0.25) is 0 Å². The zero-order valence-electron chi connectivity index (χ0n) is 13.0. The van der Waals surface area contributed by atoms with E-state index in [-0.39, 0.29) is 6.61 Å². The number of ether oxygens (including phenoxy) is 1. The smallest absolute Gasteiger partial charge is 0.419 e. The Morgan fingerprint density at radius 2 is 1.68 bits per heavy atom. The summed E-state index contributed by atoms with van der Waals surface area (Å²) in [4.78, 5) is 11.9. The average molecular weight is 359 g/mol. The number of para-hydroxylation sites is 1. The molecule has 0 spiro atoms. The third-order valence-electron chi connectivity index (χ3n) is 3.25. The first kappa shape index (κ1) is 18.7. The Balaban J connectivity index is 2.02. The van der Waals surface area contributed by atoms with Crippen molar-refractivity contribution in [1.82, 2.24) is 5.32 Å². The molecule has 0 aliphatic rings. The molecule has 0 saturated heterocycles. The number of rotatable bonds is 5. The lowest BCUT2D eigenvalue weighted by Crippen LogP contribution is -2.37. The number of carbonyl (C=O) groups excluding carboxylic acids is 1. The molecular weight excluding hydrogens is 345 g/mol. The molecule has 2 rings (SSSR count). The van der Waals surface area contributed by atoms with Crippen LogP contribution in [0.1, 0.15) is 22.8 Å². The average Bonchev–Trinajstić information content (AvgIpc) is 2.52. The van der Waals surface area contributed by atoms with Crippen molar-refractivity contribution in [1.29, 1.82) is 0 Å². The number of hydrogen-bond donors (Lipinski definition) is 1. The van der Waals surface area contributed by atoms with Crippen molar-refractivity contribution in [2.45, 2.75) is 19.1 Å². The number of hydrogen-bond acceptors (Lipinski definition) is 2. The van der Waals surface area contributed by atoms with E-state index in [0.29, 0.717) is 0 Å². The van der Waals surface area contributed by atoms with Crippen molar-refractivity contribution in [3.05, 3.63) is 65.2 Å². The van der Waals surface area contributed by atoms with Crippen LogP contribution in [0.2, 0.25) is 0 Å². The number of carbonyl (C=O) groups is 1. The summed E-state index contributed by atoms with van der Waals surface area (Å²) in [5, 5.41) is 2.28. The largest absolute Gasteiger partial charge is 0.491 e. The first-order chi connectivity index (χ1) is 11.7. The fraction of sp³-hybridized carbons (Fsp3) is 0.235. The van der Waals surface area contributed by atoms with E-state index in [9.17, 15) is 26.7 Å². The van der Waals surface area contributed by atoms with E-state index in [0.717, 1.165) is 30.3 Å². The summed E-state index contributed by atoms with van der Waals surface area (Å²) in [7, 11) is 0. The van der Waals surface area contributed by atoms with Gasteiger partial charge in [-0.25, -0.2) is 8.78 Å². The maximum atomic E-state index is 13.5. The maximum absolute atomic E-state index is 13.5. The van der Waals surface area contributed by atoms with Gasteiger partial charge in [-0.2, -0.15) is 13.2 Å². The summed E-state index contributed by atoms with van der Waals surface area (Å²) in [6.45, 7) is 1.13. The fourth-order valence-electron chi connectivity index (χ4n) is 2.09. The standard InChI is InChI=1S/C17H14F5NO2/c1-10(23-16(24)15-12(18)6-4-7-13(15)19)9-25-14-8-3-2-5-11(14)17(20,21)22/h2-8,10H,9H2,1H3,(H,23,24)/t10-/m1/s1. The van der Waals surface area contributed by atoms with Gasteiger partial charge in [0.25, 0.3) is 5.91 Å². The van der Waals surface area contributed by atoms with Crippen LogP contribution in [0.15, 0.2) is 42.5 Å². The molecule has 0 heterocycles. The van der Waals surface area contributed by atoms with Gasteiger partial charge >= 0.3 is 6.18 Å². The van der Waals surface area contributed by atoms with E-state index in [4.69, 9.17) is 4.74 Å². The van der Waals surface area contributed by atoms with E-state index in [2.05, 4.69) is 5.32 Å². The van der Waals surface area contributed by atoms with Crippen LogP contribution in [-0.4, -0.2) is 18.6 Å². The second-order valence-corrected chi connectivity index (χ2v) is 5.28. The minimum Gasteiger partial charge on any atom is -0.491 e. The third-order valence-corrected chi connectivity index (χ3v) is 3.25. The van der Waals surface area contributed by atoms with E-state index in [1.165, 1.54) is 19.1 Å². The first-order valence-electron chi connectivity index (χ1n) is 7.24. The van der Waals surface area contributed by atoms with Crippen molar-refractivity contribution in [3.63, 3.8) is 0 Å². The quantitative estimate of drug-likeness (QED) is 0.814. The number of benzene rings is 2. The lowest BCUT2D eigenvalue weighted by atomic mass is 10.1. The van der Waals surface area contributed by atoms with Crippen LogP contribution in [0.5, 0.6) is 5.75 Å². The van der Waals surface area contributed by atoms with Gasteiger partial charge < -0.3 is 10.1 Å². The van der Waals surface area contributed by atoms with Crippen LogP contribution >= 0.6 is 0 Å². The molecule has 8 heteroatoms. The molecule has 1 atom stereocenters. The van der Waals surface area contributed by atoms with Crippen LogP contribution in [0, 0.1) is 11.6 Å². The Morgan fingerprint density at radius 3 is 2.28 bits per heavy atom. The molecule has 25 heavy (non-hydrogen) atoms. The summed E-state index contributed by atoms with van der Waals surface area (Å²) in [6, 6.07) is 6.80. The van der Waals surface area contributed by atoms with Crippen LogP contribution < -0.4 is 10.1 Å². The minimum absolute atomic E-state index is 0.311. The molecule has 0 aliphatic carbocycles. The predicted molar refractivity (Wildman–Crippen MR) is 80.2 cm³/mol. The lowest BCUT2D eigenvalue weighted by Gasteiger charge is -2.18. The molecule has 3 nitrogen and oxygen atoms in total. The molecule has 0 aliphatic heterocycles. The number of amides is 1. The molecule has 0 fully saturated rings. The summed E-state index contributed by atoms with van der Waals surface area (Å²) in [6.07, 6.45) is -4.58. The zero-order valence-corrected chi connectivity index (χ0v) is 13.0. The molecule has 0 radical (unpaired) electrons. The highest BCUT2D eigenvalue weighted by Crippen LogP contribution is 2.35. The fourth-order valence-corrected chi connectivity index (χ4v) is 2.09. The molecule has 1 amide bonds. The van der Waals surface area contributed by atoms with Gasteiger partial charge in [-0.15, -0.1) is 0 Å². The Kier molecular flexibility index (Phi) is 5.61. The van der Waals surface area contributed by atoms with Gasteiger partial charge in [0.1, 0.15) is 29.6 Å². The summed E-state index contributed by atoms with van der Waals surface area (Å²) in [5.74, 6) is -3.48. The number of nitrogens with one attached hydrogen (secondary N) is 1. The van der Waals surface area contributed by atoms with Crippen LogP contribution in [0.25, 0.3) is 0 Å². The summed E-state index contributed by atoms with van der Waals surface area (Å²) < 4.78 is 70.7. The van der Waals surface area contributed by atoms with E-state index in [1.54, 1.807) is 0 Å². The maximum Gasteiger partial charge on any atom is 0.419 e. The van der Waals surface area contributed by atoms with E-state index in [1.807, 2.05) is 0 Å². The van der Waals surface area contributed by atoms with Crippen LogP contribution in [0.3, 0.4) is 0 Å². The van der Waals surface area contributed by atoms with Crippen LogP contribution in [0.4, 0.5) is 22.0 Å². The normalized spacial score (nSPS) is 12.6. The second-order valence-electron chi connectivity index (χ2n) is 5.28. The van der Waals surface area contributed by atoms with Gasteiger partial charge in [0.15, 0.2) is 0 Å². The Hall–Kier alpha value is -2.64. The Bertz CT molecular complexity index is 741. The van der Waals surface area contributed by atoms with Gasteiger partial charge in [0, 0.05) is 0 Å². The monoisotopic (exact) mass is 359 g/mol. The first-order valence-corrected chi connectivity index (χ1v) is 7.24. The third kappa shape index (κ3) is 4.68. The Labute approximate surface area is 140 Å². The second kappa shape index (κ2) is 7.50. The van der Waals surface area contributed by atoms with Crippen molar-refractivity contribution < 1.29 is 31.5 Å². The zero-order chi connectivity index (χ0) is 18.6. The summed E-state index contributed by atoms with van der Waals surface area (Å²) >= 11 is 0. The minimum atomic E-state index is -4.58. The van der Waals surface area contributed by atoms with Gasteiger partial charge in [-0.1, -0.05) is 18.2 Å². The highest BCUT2D eigenvalue weighted by atomic mass is 19.4. The molecule has 0 saturated carbocycles. The molecule has 0 aromatic heterocycles. The SMILES string of the molecule is C[C@H](COc1ccccc1C(F)(F)F)NC(=O)c1c(F)cccc1F. The lowest BCUT2D eigenvalue weighted by molar-refractivity contribution is -0.139. The predicted octanol–water partition coefficient (Wildman–Crippen LogP) is 4.18. The van der Waals surface area contributed by atoms with Gasteiger partial charge in [-0.3, -0.25) is 4.79 Å². The number of alkyl halides is 3. The van der Waals surface area contributed by atoms with Crippen molar-refractivity contribution >= 4 is 5.91 Å². The molecule has 0 unspecified atom stereocenters. The van der Waals surface area contributed by atoms with E-state index >= 15 is 0 Å². The highest BCUT2D eigenvalue weighted by Gasteiger charge is 2.34. The van der Waals surface area contributed by atoms with E-state index < -0.39 is 46.6 Å².